The largest absolute Gasteiger partial charge is 0.457 e. The Morgan fingerprint density at radius 1 is 0.413 bits per heavy atom. The number of ether oxygens (including phenoxy) is 2. The van der Waals surface area contributed by atoms with E-state index < -0.39 is 0 Å². The van der Waals surface area contributed by atoms with E-state index in [2.05, 4.69) is 24.3 Å². The zero-order chi connectivity index (χ0) is 31.0. The van der Waals surface area contributed by atoms with Gasteiger partial charge in [0, 0.05) is 23.3 Å². The van der Waals surface area contributed by atoms with Crippen molar-refractivity contribution in [1.29, 1.82) is 0 Å². The minimum Gasteiger partial charge on any atom is -0.457 e. The molecule has 8 aromatic rings. The highest BCUT2D eigenvalue weighted by molar-refractivity contribution is 5.80. The Morgan fingerprint density at radius 3 is 1.22 bits per heavy atom. The molecule has 0 amide bonds. The van der Waals surface area contributed by atoms with Crippen LogP contribution in [0.4, 0.5) is 0 Å². The number of benzene rings is 6. The van der Waals surface area contributed by atoms with Crippen molar-refractivity contribution in [3.05, 3.63) is 145 Å². The molecule has 0 aliphatic heterocycles. The molecule has 0 unspecified atom stereocenters. The van der Waals surface area contributed by atoms with Crippen molar-refractivity contribution in [2.45, 2.75) is 13.8 Å². The number of hydrogen-bond acceptors (Lipinski definition) is 6. The summed E-state index contributed by atoms with van der Waals surface area (Å²) in [6.45, 7) is 4.08. The summed E-state index contributed by atoms with van der Waals surface area (Å²) < 4.78 is 24.2. The van der Waals surface area contributed by atoms with Crippen LogP contribution in [0.25, 0.3) is 56.2 Å². The fraction of sp³-hybridized carbons (Fsp3) is 0.0500. The van der Waals surface area contributed by atoms with Crippen LogP contribution in [0.1, 0.15) is 11.1 Å². The molecule has 6 aromatic carbocycles. The van der Waals surface area contributed by atoms with Crippen LogP contribution < -0.4 is 9.47 Å². The minimum absolute atomic E-state index is 0.563. The SMILES string of the molecule is Cc1cccc(Oc2ccc3oc(-c4ccc(-c5ccc(-c6nc7cc(Oc8cccc(C)c8)ccc7o6)cc5)cc4)nc3c2)c1. The van der Waals surface area contributed by atoms with Crippen LogP contribution in [0.3, 0.4) is 0 Å². The van der Waals surface area contributed by atoms with Crippen LogP contribution >= 0.6 is 0 Å². The van der Waals surface area contributed by atoms with Gasteiger partial charge in [0.1, 0.15) is 34.0 Å². The second kappa shape index (κ2) is 11.4. The van der Waals surface area contributed by atoms with Crippen molar-refractivity contribution < 1.29 is 18.3 Å². The highest BCUT2D eigenvalue weighted by Crippen LogP contribution is 2.33. The lowest BCUT2D eigenvalue weighted by Crippen LogP contribution is -1.84. The fourth-order valence-corrected chi connectivity index (χ4v) is 5.43. The summed E-state index contributed by atoms with van der Waals surface area (Å²) in [6, 6.07) is 43.7. The summed E-state index contributed by atoms with van der Waals surface area (Å²) in [4.78, 5) is 9.45. The fourth-order valence-electron chi connectivity index (χ4n) is 5.43. The van der Waals surface area contributed by atoms with Crippen LogP contribution in [0, 0.1) is 13.8 Å². The monoisotopic (exact) mass is 600 g/mol. The molecule has 0 aliphatic rings. The molecule has 0 bridgehead atoms. The Hall–Kier alpha value is -6.14. The number of fused-ring (bicyclic) bond motifs is 2. The van der Waals surface area contributed by atoms with Gasteiger partial charge in [0.25, 0.3) is 0 Å². The van der Waals surface area contributed by atoms with Crippen molar-refractivity contribution in [2.24, 2.45) is 0 Å². The highest BCUT2D eigenvalue weighted by Gasteiger charge is 2.13. The number of rotatable bonds is 7. The van der Waals surface area contributed by atoms with Gasteiger partial charge >= 0.3 is 0 Å². The molecule has 0 saturated heterocycles. The van der Waals surface area contributed by atoms with E-state index in [4.69, 9.17) is 28.3 Å². The molecule has 2 aromatic heterocycles. The molecule has 222 valence electrons. The van der Waals surface area contributed by atoms with Crippen molar-refractivity contribution in [3.8, 4) is 57.0 Å². The van der Waals surface area contributed by atoms with Gasteiger partial charge < -0.3 is 18.3 Å². The molecular formula is C40H28N2O4. The first kappa shape index (κ1) is 27.4. The Bertz CT molecular complexity index is 2170. The van der Waals surface area contributed by atoms with Gasteiger partial charge in [-0.3, -0.25) is 0 Å². The van der Waals surface area contributed by atoms with E-state index in [1.807, 2.05) is 123 Å². The molecule has 0 fully saturated rings. The summed E-state index contributed by atoms with van der Waals surface area (Å²) in [5, 5.41) is 0. The molecule has 0 N–H and O–H groups in total. The molecule has 46 heavy (non-hydrogen) atoms. The average molecular weight is 601 g/mol. The van der Waals surface area contributed by atoms with Gasteiger partial charge in [-0.25, -0.2) is 9.97 Å². The summed E-state index contributed by atoms with van der Waals surface area (Å²) >= 11 is 0. The molecule has 0 spiro atoms. The van der Waals surface area contributed by atoms with Crippen LogP contribution in [0.15, 0.2) is 142 Å². The molecular weight excluding hydrogens is 572 g/mol. The van der Waals surface area contributed by atoms with E-state index in [9.17, 15) is 0 Å². The van der Waals surface area contributed by atoms with Crippen LogP contribution in [0.5, 0.6) is 23.0 Å². The predicted octanol–water partition coefficient (Wildman–Crippen LogP) is 11.2. The van der Waals surface area contributed by atoms with Crippen LogP contribution in [-0.2, 0) is 0 Å². The first-order valence-corrected chi connectivity index (χ1v) is 15.0. The molecule has 0 saturated carbocycles. The third-order valence-corrected chi connectivity index (χ3v) is 7.77. The van der Waals surface area contributed by atoms with Gasteiger partial charge in [0.2, 0.25) is 11.8 Å². The van der Waals surface area contributed by atoms with Crippen molar-refractivity contribution in [3.63, 3.8) is 0 Å². The zero-order valence-corrected chi connectivity index (χ0v) is 25.2. The first-order valence-electron chi connectivity index (χ1n) is 15.0. The van der Waals surface area contributed by atoms with Crippen LogP contribution in [-0.4, -0.2) is 9.97 Å². The van der Waals surface area contributed by atoms with Crippen molar-refractivity contribution in [1.82, 2.24) is 9.97 Å². The van der Waals surface area contributed by atoms with Gasteiger partial charge in [-0.2, -0.15) is 0 Å². The molecule has 0 radical (unpaired) electrons. The third kappa shape index (κ3) is 5.60. The maximum Gasteiger partial charge on any atom is 0.227 e. The van der Waals surface area contributed by atoms with Gasteiger partial charge in [-0.15, -0.1) is 0 Å². The minimum atomic E-state index is 0.563. The molecule has 0 atom stereocenters. The average Bonchev–Trinajstić information content (AvgIpc) is 3.69. The molecule has 2 heterocycles. The van der Waals surface area contributed by atoms with E-state index in [0.29, 0.717) is 34.4 Å². The molecule has 6 heteroatoms. The van der Waals surface area contributed by atoms with Gasteiger partial charge in [-0.1, -0.05) is 48.5 Å². The number of aromatic nitrogens is 2. The summed E-state index contributed by atoms with van der Waals surface area (Å²) in [6.07, 6.45) is 0. The predicted molar refractivity (Wildman–Crippen MR) is 180 cm³/mol. The van der Waals surface area contributed by atoms with Crippen LogP contribution in [0.2, 0.25) is 0 Å². The Balaban J connectivity index is 0.976. The lowest BCUT2D eigenvalue weighted by atomic mass is 10.0. The third-order valence-electron chi connectivity index (χ3n) is 7.77. The van der Waals surface area contributed by atoms with Crippen molar-refractivity contribution >= 4 is 22.2 Å². The topological polar surface area (TPSA) is 70.5 Å². The second-order valence-corrected chi connectivity index (χ2v) is 11.3. The van der Waals surface area contributed by atoms with E-state index in [0.717, 1.165) is 55.9 Å². The molecule has 6 nitrogen and oxygen atoms in total. The van der Waals surface area contributed by atoms with Gasteiger partial charge in [0.15, 0.2) is 11.2 Å². The van der Waals surface area contributed by atoms with Gasteiger partial charge in [0.05, 0.1) is 0 Å². The lowest BCUT2D eigenvalue weighted by molar-refractivity contribution is 0.482. The maximum atomic E-state index is 6.06. The lowest BCUT2D eigenvalue weighted by Gasteiger charge is -2.05. The quantitative estimate of drug-likeness (QED) is 0.181. The zero-order valence-electron chi connectivity index (χ0n) is 25.2. The molecule has 8 rings (SSSR count). The van der Waals surface area contributed by atoms with E-state index in [1.165, 1.54) is 0 Å². The number of nitrogens with zero attached hydrogens (tertiary/aromatic N) is 2. The van der Waals surface area contributed by atoms with E-state index in [1.54, 1.807) is 0 Å². The number of hydrogen-bond donors (Lipinski definition) is 0. The van der Waals surface area contributed by atoms with E-state index >= 15 is 0 Å². The molecule has 0 aliphatic carbocycles. The Kier molecular flexibility index (Phi) is 6.80. The smallest absolute Gasteiger partial charge is 0.227 e. The summed E-state index contributed by atoms with van der Waals surface area (Å²) in [5.74, 6) is 4.14. The number of oxazole rings is 2. The summed E-state index contributed by atoms with van der Waals surface area (Å²) in [7, 11) is 0. The first-order chi connectivity index (χ1) is 22.5. The normalized spacial score (nSPS) is 11.3. The maximum absolute atomic E-state index is 6.06. The second-order valence-electron chi connectivity index (χ2n) is 11.3. The van der Waals surface area contributed by atoms with E-state index in [-0.39, 0.29) is 0 Å². The summed E-state index contributed by atoms with van der Waals surface area (Å²) in [5.41, 5.74) is 9.15. The highest BCUT2D eigenvalue weighted by atomic mass is 16.5. The Labute approximate surface area is 265 Å². The standard InChI is InChI=1S/C40H28N2O4/c1-25-5-3-7-31(21-25)43-33-17-19-37-35(23-33)41-39(45-37)29-13-9-27(10-14-29)28-11-15-30(16-12-28)40-42-36-24-34(18-20-38(36)46-40)44-32-8-4-6-26(2)22-32/h3-24H,1-2H3. The van der Waals surface area contributed by atoms with Gasteiger partial charge in [-0.05, 0) is 109 Å². The Morgan fingerprint density at radius 2 is 0.804 bits per heavy atom. The van der Waals surface area contributed by atoms with Crippen molar-refractivity contribution in [2.75, 3.05) is 0 Å². The number of aryl methyl sites for hydroxylation is 2.